The van der Waals surface area contributed by atoms with E-state index in [0.29, 0.717) is 12.2 Å². The Balaban J connectivity index is 0.00000338. The van der Waals surface area contributed by atoms with Gasteiger partial charge in [-0.2, -0.15) is 0 Å². The van der Waals surface area contributed by atoms with E-state index < -0.39 is 5.97 Å². The molecule has 1 unspecified atom stereocenters. The van der Waals surface area contributed by atoms with Crippen molar-refractivity contribution in [1.82, 2.24) is 9.80 Å². The zero-order valence-electron chi connectivity index (χ0n) is 15.2. The number of anilines is 1. The number of nitrogens with zero attached hydrogens (tertiary/aromatic N) is 2. The standard InChI is InChI=1S/C18H26FN3O3.ClH/c1-3-21(12-17(23)24)16-7-9-22(10-8-16)13(2)18(25)20-15-6-4-5-14(19)11-15;/h4-6,11,13,16H,3,7-10,12H2,1-2H3,(H,20,25)(H,23,24);1H. The summed E-state index contributed by atoms with van der Waals surface area (Å²) in [5.74, 6) is -1.36. The number of carboxylic acid groups (broad SMARTS) is 1. The van der Waals surface area contributed by atoms with Gasteiger partial charge in [-0.25, -0.2) is 4.39 Å². The first kappa shape index (κ1) is 22.3. The number of rotatable bonds is 7. The number of likely N-dealkylation sites (N-methyl/N-ethyl adjacent to an activating group) is 1. The molecule has 1 fully saturated rings. The summed E-state index contributed by atoms with van der Waals surface area (Å²) >= 11 is 0. The van der Waals surface area contributed by atoms with Gasteiger partial charge in [0, 0.05) is 24.8 Å². The van der Waals surface area contributed by atoms with Crippen LogP contribution in [-0.2, 0) is 9.59 Å². The normalized spacial score (nSPS) is 16.8. The van der Waals surface area contributed by atoms with Crippen LogP contribution in [0.2, 0.25) is 0 Å². The Hall–Kier alpha value is -1.70. The molecule has 0 saturated carbocycles. The summed E-state index contributed by atoms with van der Waals surface area (Å²) in [6, 6.07) is 5.76. The number of carboxylic acids is 1. The Morgan fingerprint density at radius 1 is 1.38 bits per heavy atom. The lowest BCUT2D eigenvalue weighted by atomic mass is 10.0. The molecule has 0 aromatic heterocycles. The Morgan fingerprint density at radius 3 is 2.58 bits per heavy atom. The minimum Gasteiger partial charge on any atom is -0.480 e. The first-order chi connectivity index (χ1) is 11.9. The SMILES string of the molecule is CCN(CC(=O)O)C1CCN(C(C)C(=O)Nc2cccc(F)c2)CC1.Cl. The molecule has 2 N–H and O–H groups in total. The van der Waals surface area contributed by atoms with Gasteiger partial charge in [-0.15, -0.1) is 12.4 Å². The van der Waals surface area contributed by atoms with Crippen LogP contribution in [0.4, 0.5) is 10.1 Å². The highest BCUT2D eigenvalue weighted by molar-refractivity contribution is 5.94. The van der Waals surface area contributed by atoms with Gasteiger partial charge >= 0.3 is 5.97 Å². The van der Waals surface area contributed by atoms with Gasteiger partial charge in [0.1, 0.15) is 5.82 Å². The fourth-order valence-corrected chi connectivity index (χ4v) is 3.29. The molecule has 6 nitrogen and oxygen atoms in total. The average Bonchev–Trinajstić information content (AvgIpc) is 2.59. The van der Waals surface area contributed by atoms with E-state index in [0.717, 1.165) is 25.9 Å². The summed E-state index contributed by atoms with van der Waals surface area (Å²) in [7, 11) is 0. The maximum atomic E-state index is 13.2. The molecule has 2 rings (SSSR count). The quantitative estimate of drug-likeness (QED) is 0.751. The minimum atomic E-state index is -0.813. The molecule has 1 atom stereocenters. The van der Waals surface area contributed by atoms with Crippen molar-refractivity contribution in [2.75, 3.05) is 31.5 Å². The highest BCUT2D eigenvalue weighted by Crippen LogP contribution is 2.19. The summed E-state index contributed by atoms with van der Waals surface area (Å²) in [4.78, 5) is 27.4. The molecule has 0 spiro atoms. The number of aliphatic carboxylic acids is 1. The Labute approximate surface area is 159 Å². The summed E-state index contributed by atoms with van der Waals surface area (Å²) in [5, 5.41) is 11.7. The third-order valence-electron chi connectivity index (χ3n) is 4.78. The van der Waals surface area contributed by atoms with E-state index in [4.69, 9.17) is 5.11 Å². The molecule has 1 aromatic carbocycles. The molecule has 146 valence electrons. The van der Waals surface area contributed by atoms with E-state index in [1.54, 1.807) is 12.1 Å². The Bertz CT molecular complexity index is 609. The van der Waals surface area contributed by atoms with Gasteiger partial charge in [0.25, 0.3) is 0 Å². The van der Waals surface area contributed by atoms with Gasteiger partial charge in [-0.1, -0.05) is 13.0 Å². The van der Waals surface area contributed by atoms with E-state index in [9.17, 15) is 14.0 Å². The first-order valence-corrected chi connectivity index (χ1v) is 8.67. The van der Waals surface area contributed by atoms with Crippen molar-refractivity contribution in [3.8, 4) is 0 Å². The second-order valence-corrected chi connectivity index (χ2v) is 6.40. The van der Waals surface area contributed by atoms with Crippen LogP contribution < -0.4 is 5.32 Å². The maximum absolute atomic E-state index is 13.2. The molecule has 8 heteroatoms. The topological polar surface area (TPSA) is 72.9 Å². The molecular weight excluding hydrogens is 361 g/mol. The minimum absolute atomic E-state index is 0. The zero-order valence-corrected chi connectivity index (χ0v) is 16.0. The van der Waals surface area contributed by atoms with Crippen LogP contribution in [0.25, 0.3) is 0 Å². The van der Waals surface area contributed by atoms with E-state index in [-0.39, 0.29) is 42.8 Å². The lowest BCUT2D eigenvalue weighted by Crippen LogP contribution is -2.51. The molecule has 0 bridgehead atoms. The number of hydrogen-bond donors (Lipinski definition) is 2. The largest absolute Gasteiger partial charge is 0.480 e. The van der Waals surface area contributed by atoms with Crippen molar-refractivity contribution in [2.24, 2.45) is 0 Å². The Morgan fingerprint density at radius 2 is 2.04 bits per heavy atom. The number of halogens is 2. The predicted molar refractivity (Wildman–Crippen MR) is 101 cm³/mol. The van der Waals surface area contributed by atoms with E-state index in [2.05, 4.69) is 10.2 Å². The van der Waals surface area contributed by atoms with Crippen molar-refractivity contribution >= 4 is 30.0 Å². The van der Waals surface area contributed by atoms with Crippen molar-refractivity contribution in [2.45, 2.75) is 38.8 Å². The molecule has 0 radical (unpaired) electrons. The number of carbonyl (C=O) groups excluding carboxylic acids is 1. The first-order valence-electron chi connectivity index (χ1n) is 8.67. The van der Waals surface area contributed by atoms with Gasteiger partial charge < -0.3 is 10.4 Å². The lowest BCUT2D eigenvalue weighted by Gasteiger charge is -2.39. The molecule has 1 aliphatic rings. The number of nitrogens with one attached hydrogen (secondary N) is 1. The van der Waals surface area contributed by atoms with Gasteiger partial charge in [-0.05, 0) is 44.5 Å². The van der Waals surface area contributed by atoms with Gasteiger partial charge in [-0.3, -0.25) is 19.4 Å². The second kappa shape index (κ2) is 10.4. The number of carbonyl (C=O) groups is 2. The molecular formula is C18H27ClFN3O3. The molecule has 1 saturated heterocycles. The van der Waals surface area contributed by atoms with Crippen molar-refractivity contribution in [3.05, 3.63) is 30.1 Å². The van der Waals surface area contributed by atoms with Gasteiger partial charge in [0.05, 0.1) is 12.6 Å². The predicted octanol–water partition coefficient (Wildman–Crippen LogP) is 2.45. The maximum Gasteiger partial charge on any atom is 0.317 e. The van der Waals surface area contributed by atoms with Gasteiger partial charge in [0.15, 0.2) is 0 Å². The van der Waals surface area contributed by atoms with Crippen LogP contribution >= 0.6 is 12.4 Å². The van der Waals surface area contributed by atoms with Crippen LogP contribution in [0.15, 0.2) is 24.3 Å². The fourth-order valence-electron chi connectivity index (χ4n) is 3.29. The third-order valence-corrected chi connectivity index (χ3v) is 4.78. The highest BCUT2D eigenvalue weighted by Gasteiger charge is 2.29. The summed E-state index contributed by atoms with van der Waals surface area (Å²) < 4.78 is 13.2. The average molecular weight is 388 g/mol. The Kier molecular flexibility index (Phi) is 8.98. The van der Waals surface area contributed by atoms with Crippen LogP contribution in [-0.4, -0.2) is 65.0 Å². The van der Waals surface area contributed by atoms with E-state index in [1.165, 1.54) is 12.1 Å². The second-order valence-electron chi connectivity index (χ2n) is 6.40. The number of likely N-dealkylation sites (tertiary alicyclic amines) is 1. The smallest absolute Gasteiger partial charge is 0.317 e. The van der Waals surface area contributed by atoms with E-state index >= 15 is 0 Å². The number of amides is 1. The number of hydrogen-bond acceptors (Lipinski definition) is 4. The monoisotopic (exact) mass is 387 g/mol. The fraction of sp³-hybridized carbons (Fsp3) is 0.556. The molecule has 0 aliphatic carbocycles. The molecule has 1 amide bonds. The molecule has 26 heavy (non-hydrogen) atoms. The summed E-state index contributed by atoms with van der Waals surface area (Å²) in [6.45, 7) is 6.02. The molecule has 1 heterocycles. The third kappa shape index (κ3) is 6.23. The van der Waals surface area contributed by atoms with Crippen molar-refractivity contribution in [3.63, 3.8) is 0 Å². The van der Waals surface area contributed by atoms with Crippen LogP contribution in [0.5, 0.6) is 0 Å². The molecule has 1 aliphatic heterocycles. The van der Waals surface area contributed by atoms with E-state index in [1.807, 2.05) is 18.7 Å². The number of benzene rings is 1. The van der Waals surface area contributed by atoms with Crippen molar-refractivity contribution < 1.29 is 19.1 Å². The summed E-state index contributed by atoms with van der Waals surface area (Å²) in [5.41, 5.74) is 0.449. The van der Waals surface area contributed by atoms with Crippen molar-refractivity contribution in [1.29, 1.82) is 0 Å². The van der Waals surface area contributed by atoms with Gasteiger partial charge in [0.2, 0.25) is 5.91 Å². The highest BCUT2D eigenvalue weighted by atomic mass is 35.5. The molecule has 1 aromatic rings. The van der Waals surface area contributed by atoms with Crippen LogP contribution in [0, 0.1) is 5.82 Å². The lowest BCUT2D eigenvalue weighted by molar-refractivity contribution is -0.139. The number of piperidine rings is 1. The van der Waals surface area contributed by atoms with Crippen LogP contribution in [0.1, 0.15) is 26.7 Å². The summed E-state index contributed by atoms with van der Waals surface area (Å²) in [6.07, 6.45) is 1.66. The zero-order chi connectivity index (χ0) is 18.4. The van der Waals surface area contributed by atoms with Crippen LogP contribution in [0.3, 0.4) is 0 Å².